The first-order valence-electron chi connectivity index (χ1n) is 23.6. The van der Waals surface area contributed by atoms with E-state index < -0.39 is 26.5 Å². The molecule has 0 radical (unpaired) electrons. The predicted octanol–water partition coefficient (Wildman–Crippen LogP) is 13.5. The van der Waals surface area contributed by atoms with Crippen LogP contribution in [0, 0.1) is 0 Å². The minimum Gasteiger partial charge on any atom is -0.462 e. The molecule has 0 spiro atoms. The van der Waals surface area contributed by atoms with E-state index in [0.717, 1.165) is 51.4 Å². The van der Waals surface area contributed by atoms with Crippen LogP contribution in [-0.4, -0.2) is 74.9 Å². The van der Waals surface area contributed by atoms with Gasteiger partial charge in [0.1, 0.15) is 19.8 Å². The molecule has 0 aromatic carbocycles. The lowest BCUT2D eigenvalue weighted by Crippen LogP contribution is -2.37. The highest BCUT2D eigenvalue weighted by Gasteiger charge is 2.27. The van der Waals surface area contributed by atoms with Gasteiger partial charge in [0, 0.05) is 12.8 Å². The monoisotopic (exact) mass is 829 g/mol. The van der Waals surface area contributed by atoms with Gasteiger partial charge in [-0.15, -0.1) is 0 Å². The van der Waals surface area contributed by atoms with Gasteiger partial charge in [0.05, 0.1) is 27.7 Å². The van der Waals surface area contributed by atoms with E-state index in [1.165, 1.54) is 128 Å². The lowest BCUT2D eigenvalue weighted by molar-refractivity contribution is -0.870. The zero-order chi connectivity index (χ0) is 42.1. The molecule has 0 heterocycles. The van der Waals surface area contributed by atoms with E-state index in [0.29, 0.717) is 17.4 Å². The fourth-order valence-electron chi connectivity index (χ4n) is 6.52. The third kappa shape index (κ3) is 43.9. The molecule has 0 bridgehead atoms. The van der Waals surface area contributed by atoms with Crippen LogP contribution in [-0.2, 0) is 32.7 Å². The number of esters is 2. The Morgan fingerprint density at radius 2 is 0.947 bits per heavy atom. The van der Waals surface area contributed by atoms with Crippen molar-refractivity contribution in [2.45, 2.75) is 219 Å². The minimum absolute atomic E-state index is 0.0324. The van der Waals surface area contributed by atoms with Crippen molar-refractivity contribution >= 4 is 19.8 Å². The maximum Gasteiger partial charge on any atom is 0.472 e. The molecule has 336 valence electrons. The summed E-state index contributed by atoms with van der Waals surface area (Å²) in [6.07, 6.45) is 43.6. The van der Waals surface area contributed by atoms with Crippen molar-refractivity contribution in [1.82, 2.24) is 0 Å². The zero-order valence-corrected chi connectivity index (χ0v) is 38.7. The molecule has 0 aliphatic carbocycles. The van der Waals surface area contributed by atoms with Gasteiger partial charge in [-0.2, -0.15) is 0 Å². The Balaban J connectivity index is 4.31. The first kappa shape index (κ1) is 55.5. The molecule has 9 nitrogen and oxygen atoms in total. The molecule has 2 atom stereocenters. The summed E-state index contributed by atoms with van der Waals surface area (Å²) in [6.45, 7) is 4.41. The number of hydrogen-bond donors (Lipinski definition) is 1. The van der Waals surface area contributed by atoms with Crippen LogP contribution in [0.5, 0.6) is 0 Å². The zero-order valence-electron chi connectivity index (χ0n) is 37.8. The van der Waals surface area contributed by atoms with Crippen molar-refractivity contribution in [1.29, 1.82) is 0 Å². The SMILES string of the molecule is CCCCC/C=C/C/C=C/CCCCCCCCCC(=O)OC[C@H](COP(=O)(O)OCC[N+](C)(C)C)OC(=O)CCCCCCCCCCCCCCCCCC. The largest absolute Gasteiger partial charge is 0.472 e. The number of ether oxygens (including phenoxy) is 2. The average molecular weight is 829 g/mol. The van der Waals surface area contributed by atoms with Crippen LogP contribution in [0.4, 0.5) is 0 Å². The van der Waals surface area contributed by atoms with E-state index in [-0.39, 0.29) is 32.0 Å². The van der Waals surface area contributed by atoms with Gasteiger partial charge in [-0.05, 0) is 44.9 Å². The predicted molar refractivity (Wildman–Crippen MR) is 238 cm³/mol. The van der Waals surface area contributed by atoms with Crippen molar-refractivity contribution in [3.05, 3.63) is 24.3 Å². The van der Waals surface area contributed by atoms with Gasteiger partial charge in [-0.1, -0.05) is 179 Å². The van der Waals surface area contributed by atoms with Crippen LogP contribution in [0.1, 0.15) is 213 Å². The normalized spacial score (nSPS) is 13.7. The molecule has 0 aliphatic heterocycles. The number of carbonyl (C=O) groups is 2. The van der Waals surface area contributed by atoms with E-state index in [1.54, 1.807) is 0 Å². The summed E-state index contributed by atoms with van der Waals surface area (Å²) in [5.74, 6) is -0.798. The second-order valence-corrected chi connectivity index (χ2v) is 18.6. The Morgan fingerprint density at radius 3 is 1.42 bits per heavy atom. The standard InChI is InChI=1S/C47H90NO8P/c1-6-8-10-12-14-16-18-20-22-24-26-27-29-31-33-35-37-39-46(49)53-43-45(44-55-57(51,52)54-42-41-48(3,4)5)56-47(50)40-38-36-34-32-30-28-25-23-21-19-17-15-13-11-9-7-2/h14,16,20,22,45H,6-13,15,17-19,21,23-44H2,1-5H3/p+1/b16-14+,22-20+/t45-/m1/s1. The number of carbonyl (C=O) groups excluding carboxylic acids is 2. The van der Waals surface area contributed by atoms with Crippen LogP contribution in [0.15, 0.2) is 24.3 Å². The maximum atomic E-state index is 12.7. The van der Waals surface area contributed by atoms with Crippen molar-refractivity contribution in [3.8, 4) is 0 Å². The number of hydrogen-bond acceptors (Lipinski definition) is 7. The summed E-state index contributed by atoms with van der Waals surface area (Å²) in [5, 5.41) is 0. The topological polar surface area (TPSA) is 108 Å². The van der Waals surface area contributed by atoms with Crippen LogP contribution in [0.3, 0.4) is 0 Å². The third-order valence-electron chi connectivity index (χ3n) is 10.2. The first-order valence-corrected chi connectivity index (χ1v) is 25.1. The first-order chi connectivity index (χ1) is 27.5. The molecule has 1 unspecified atom stereocenters. The van der Waals surface area contributed by atoms with Gasteiger partial charge in [0.15, 0.2) is 6.10 Å². The van der Waals surface area contributed by atoms with E-state index in [2.05, 4.69) is 38.2 Å². The van der Waals surface area contributed by atoms with E-state index in [1.807, 2.05) is 21.1 Å². The fraction of sp³-hybridized carbons (Fsp3) is 0.872. The number of nitrogens with zero attached hydrogens (tertiary/aromatic N) is 1. The number of phosphoric acid groups is 1. The number of unbranched alkanes of at least 4 members (excludes halogenated alkanes) is 25. The molecular weight excluding hydrogens is 737 g/mol. The molecule has 0 saturated heterocycles. The van der Waals surface area contributed by atoms with Crippen LogP contribution < -0.4 is 0 Å². The lowest BCUT2D eigenvalue weighted by atomic mass is 10.0. The molecule has 0 amide bonds. The quantitative estimate of drug-likeness (QED) is 0.0213. The molecule has 0 aromatic rings. The number of quaternary nitrogens is 1. The summed E-state index contributed by atoms with van der Waals surface area (Å²) >= 11 is 0. The highest BCUT2D eigenvalue weighted by Crippen LogP contribution is 2.43. The van der Waals surface area contributed by atoms with E-state index in [4.69, 9.17) is 18.5 Å². The molecule has 0 aromatic heterocycles. The van der Waals surface area contributed by atoms with Crippen molar-refractivity contribution < 1.29 is 42.1 Å². The highest BCUT2D eigenvalue weighted by atomic mass is 31.2. The smallest absolute Gasteiger partial charge is 0.462 e. The summed E-state index contributed by atoms with van der Waals surface area (Å²) in [6, 6.07) is 0. The van der Waals surface area contributed by atoms with Gasteiger partial charge in [0.2, 0.25) is 0 Å². The Morgan fingerprint density at radius 1 is 0.544 bits per heavy atom. The molecule has 0 fully saturated rings. The number of likely N-dealkylation sites (N-methyl/N-ethyl adjacent to an activating group) is 1. The highest BCUT2D eigenvalue weighted by molar-refractivity contribution is 7.47. The molecule has 0 aliphatic rings. The molecule has 10 heteroatoms. The summed E-state index contributed by atoms with van der Waals surface area (Å²) < 4.78 is 34.4. The Hall–Kier alpha value is -1.51. The average Bonchev–Trinajstić information content (AvgIpc) is 3.16. The molecule has 57 heavy (non-hydrogen) atoms. The Kier molecular flexibility index (Phi) is 38.9. The Labute approximate surface area is 351 Å². The molecule has 0 saturated carbocycles. The number of phosphoric ester groups is 1. The summed E-state index contributed by atoms with van der Waals surface area (Å²) in [5.41, 5.74) is 0. The van der Waals surface area contributed by atoms with Crippen molar-refractivity contribution in [3.63, 3.8) is 0 Å². The van der Waals surface area contributed by atoms with Crippen LogP contribution in [0.25, 0.3) is 0 Å². The second kappa shape index (κ2) is 39.9. The lowest BCUT2D eigenvalue weighted by Gasteiger charge is -2.24. The van der Waals surface area contributed by atoms with Gasteiger partial charge < -0.3 is 18.9 Å². The van der Waals surface area contributed by atoms with Gasteiger partial charge in [-0.25, -0.2) is 4.57 Å². The van der Waals surface area contributed by atoms with Crippen molar-refractivity contribution in [2.75, 3.05) is 47.5 Å². The van der Waals surface area contributed by atoms with Gasteiger partial charge in [-0.3, -0.25) is 18.6 Å². The van der Waals surface area contributed by atoms with Gasteiger partial charge >= 0.3 is 19.8 Å². The maximum absolute atomic E-state index is 12.7. The molecule has 1 N–H and O–H groups in total. The summed E-state index contributed by atoms with van der Waals surface area (Å²) in [7, 11) is 1.48. The minimum atomic E-state index is -4.37. The Bertz CT molecular complexity index is 1030. The second-order valence-electron chi connectivity index (χ2n) is 17.1. The number of allylic oxidation sites excluding steroid dienone is 4. The van der Waals surface area contributed by atoms with E-state index in [9.17, 15) is 19.0 Å². The number of rotatable bonds is 43. The van der Waals surface area contributed by atoms with Gasteiger partial charge in [0.25, 0.3) is 0 Å². The summed E-state index contributed by atoms with van der Waals surface area (Å²) in [4.78, 5) is 35.4. The van der Waals surface area contributed by atoms with Crippen molar-refractivity contribution in [2.24, 2.45) is 0 Å². The van der Waals surface area contributed by atoms with Crippen LogP contribution in [0.2, 0.25) is 0 Å². The molecule has 0 rings (SSSR count). The fourth-order valence-corrected chi connectivity index (χ4v) is 7.26. The molecular formula is C47H91NO8P+. The van der Waals surface area contributed by atoms with Crippen LogP contribution >= 0.6 is 7.82 Å². The third-order valence-corrected chi connectivity index (χ3v) is 11.2. The van der Waals surface area contributed by atoms with E-state index >= 15 is 0 Å².